The summed E-state index contributed by atoms with van der Waals surface area (Å²) in [6.07, 6.45) is -3.22. The van der Waals surface area contributed by atoms with Crippen molar-refractivity contribution in [2.24, 2.45) is 11.7 Å². The van der Waals surface area contributed by atoms with Crippen LogP contribution in [0, 0.1) is 17.6 Å². The minimum Gasteiger partial charge on any atom is -0.441 e. The van der Waals surface area contributed by atoms with Gasteiger partial charge < -0.3 is 20.7 Å². The van der Waals surface area contributed by atoms with Crippen LogP contribution >= 0.6 is 0 Å². The van der Waals surface area contributed by atoms with Crippen LogP contribution in [0.4, 0.5) is 32.4 Å². The van der Waals surface area contributed by atoms with E-state index in [1.54, 1.807) is 13.8 Å². The zero-order chi connectivity index (χ0) is 26.4. The van der Waals surface area contributed by atoms with Gasteiger partial charge in [0.25, 0.3) is 5.91 Å². The fourth-order valence-electron chi connectivity index (χ4n) is 4.63. The Bertz CT molecular complexity index is 1180. The normalized spacial score (nSPS) is 20.8. The molecule has 0 spiro atoms. The van der Waals surface area contributed by atoms with Gasteiger partial charge in [-0.2, -0.15) is 13.2 Å². The topological polar surface area (TPSA) is 97.6 Å². The maximum absolute atomic E-state index is 14.1. The van der Waals surface area contributed by atoms with Crippen molar-refractivity contribution >= 4 is 17.7 Å². The van der Waals surface area contributed by atoms with Crippen molar-refractivity contribution in [3.8, 4) is 11.1 Å². The van der Waals surface area contributed by atoms with E-state index in [9.17, 15) is 31.5 Å². The average Bonchev–Trinajstić information content (AvgIpc) is 3.53. The maximum atomic E-state index is 14.1. The minimum absolute atomic E-state index is 0.0777. The molecular weight excluding hydrogens is 487 g/mol. The van der Waals surface area contributed by atoms with E-state index in [-0.39, 0.29) is 42.7 Å². The molecule has 1 saturated carbocycles. The number of carbonyl (C=O) groups is 2. The van der Waals surface area contributed by atoms with Gasteiger partial charge in [0.1, 0.15) is 17.2 Å². The number of hydrogen-bond donors (Lipinski definition) is 2. The van der Waals surface area contributed by atoms with Gasteiger partial charge in [0.2, 0.25) is 0 Å². The Balaban J connectivity index is 1.92. The van der Waals surface area contributed by atoms with Crippen LogP contribution in [-0.2, 0) is 10.9 Å². The molecule has 1 saturated heterocycles. The average molecular weight is 512 g/mol. The number of benzene rings is 1. The first-order valence-electron chi connectivity index (χ1n) is 11.4. The molecule has 1 aromatic carbocycles. The molecule has 12 heteroatoms. The predicted octanol–water partition coefficient (Wildman–Crippen LogP) is 4.64. The molecular formula is C24H25F5N4O3. The van der Waals surface area contributed by atoms with Gasteiger partial charge in [0.05, 0.1) is 17.8 Å². The standard InChI is InChI=1S/C24H25F5N4O3/c1-12(13-3-4-13)32-21(34)17-10-31-20(24(27,28)29)18(14-7-15(25)9-16(26)8-14)19(17)33-6-5-23(2,11-33)36-22(30)35/h7-10,12-13H,3-6,11H2,1-2H3,(H2,30,35)(H,32,34)/t12-,23?/m0/s1. The summed E-state index contributed by atoms with van der Waals surface area (Å²) in [6.45, 7) is 3.32. The van der Waals surface area contributed by atoms with Crippen LogP contribution in [-0.4, -0.2) is 41.7 Å². The number of amides is 2. The van der Waals surface area contributed by atoms with Crippen LogP contribution < -0.4 is 16.0 Å². The monoisotopic (exact) mass is 512 g/mol. The lowest BCUT2D eigenvalue weighted by atomic mass is 9.96. The van der Waals surface area contributed by atoms with Crippen LogP contribution in [0.2, 0.25) is 0 Å². The second-order valence-corrected chi connectivity index (χ2v) is 9.54. The highest BCUT2D eigenvalue weighted by molar-refractivity contribution is 6.04. The van der Waals surface area contributed by atoms with Crippen molar-refractivity contribution < 1.29 is 36.3 Å². The highest BCUT2D eigenvalue weighted by Crippen LogP contribution is 2.45. The quantitative estimate of drug-likeness (QED) is 0.550. The lowest BCUT2D eigenvalue weighted by molar-refractivity contribution is -0.140. The third-order valence-corrected chi connectivity index (χ3v) is 6.50. The second kappa shape index (κ2) is 9.21. The zero-order valence-electron chi connectivity index (χ0n) is 19.6. The van der Waals surface area contributed by atoms with E-state index in [2.05, 4.69) is 10.3 Å². The van der Waals surface area contributed by atoms with E-state index >= 15 is 0 Å². The first-order valence-corrected chi connectivity index (χ1v) is 11.4. The van der Waals surface area contributed by atoms with E-state index in [4.69, 9.17) is 10.5 Å². The van der Waals surface area contributed by atoms with E-state index in [0.29, 0.717) is 6.07 Å². The molecule has 1 aromatic heterocycles. The number of pyridine rings is 1. The third-order valence-electron chi connectivity index (χ3n) is 6.50. The molecule has 4 rings (SSSR count). The zero-order valence-corrected chi connectivity index (χ0v) is 19.6. The van der Waals surface area contributed by atoms with E-state index in [0.717, 1.165) is 31.2 Å². The van der Waals surface area contributed by atoms with E-state index in [1.165, 1.54) is 4.90 Å². The molecule has 0 radical (unpaired) electrons. The largest absolute Gasteiger partial charge is 0.441 e. The minimum atomic E-state index is -5.00. The molecule has 2 aliphatic rings. The summed E-state index contributed by atoms with van der Waals surface area (Å²) in [6, 6.07) is 1.81. The smallest absolute Gasteiger partial charge is 0.434 e. The van der Waals surface area contributed by atoms with Gasteiger partial charge in [-0.1, -0.05) is 0 Å². The number of alkyl halides is 3. The molecule has 2 fully saturated rings. The lowest BCUT2D eigenvalue weighted by Gasteiger charge is -2.29. The van der Waals surface area contributed by atoms with Crippen LogP contribution in [0.3, 0.4) is 0 Å². The third kappa shape index (κ3) is 5.36. The van der Waals surface area contributed by atoms with Gasteiger partial charge >= 0.3 is 12.3 Å². The molecule has 2 atom stereocenters. The van der Waals surface area contributed by atoms with Crippen LogP contribution in [0.1, 0.15) is 49.2 Å². The number of hydrogen-bond acceptors (Lipinski definition) is 5. The summed E-state index contributed by atoms with van der Waals surface area (Å²) < 4.78 is 75.8. The molecule has 2 heterocycles. The second-order valence-electron chi connectivity index (χ2n) is 9.54. The number of primary amides is 1. The Labute approximate surface area is 203 Å². The van der Waals surface area contributed by atoms with Crippen LogP contribution in [0.25, 0.3) is 11.1 Å². The van der Waals surface area contributed by atoms with Crippen molar-refractivity contribution in [1.82, 2.24) is 10.3 Å². The van der Waals surface area contributed by atoms with Crippen LogP contribution in [0.5, 0.6) is 0 Å². The van der Waals surface area contributed by atoms with Crippen LogP contribution in [0.15, 0.2) is 24.4 Å². The molecule has 36 heavy (non-hydrogen) atoms. The number of aromatic nitrogens is 1. The summed E-state index contributed by atoms with van der Waals surface area (Å²) in [5.74, 6) is -2.60. The number of nitrogens with one attached hydrogen (secondary N) is 1. The van der Waals surface area contributed by atoms with Gasteiger partial charge in [-0.25, -0.2) is 13.6 Å². The Morgan fingerprint density at radius 2 is 1.86 bits per heavy atom. The summed E-state index contributed by atoms with van der Waals surface area (Å²) in [5, 5.41) is 2.79. The highest BCUT2D eigenvalue weighted by atomic mass is 19.4. The first-order chi connectivity index (χ1) is 16.8. The molecule has 1 aliphatic heterocycles. The Kier molecular flexibility index (Phi) is 6.56. The van der Waals surface area contributed by atoms with Gasteiger partial charge in [0, 0.05) is 36.8 Å². The molecule has 1 aliphatic carbocycles. The number of halogens is 5. The number of rotatable bonds is 6. The van der Waals surface area contributed by atoms with Gasteiger partial charge in [0.15, 0.2) is 5.69 Å². The number of nitrogens with two attached hydrogens (primary N) is 1. The van der Waals surface area contributed by atoms with Gasteiger partial charge in [-0.05, 0) is 50.3 Å². The van der Waals surface area contributed by atoms with Crippen molar-refractivity contribution in [3.63, 3.8) is 0 Å². The molecule has 1 unspecified atom stereocenters. The van der Waals surface area contributed by atoms with Crippen molar-refractivity contribution in [1.29, 1.82) is 0 Å². The fourth-order valence-corrected chi connectivity index (χ4v) is 4.63. The maximum Gasteiger partial charge on any atom is 0.434 e. The van der Waals surface area contributed by atoms with Gasteiger partial charge in [-0.15, -0.1) is 0 Å². The summed E-state index contributed by atoms with van der Waals surface area (Å²) in [7, 11) is 0. The number of ether oxygens (including phenoxy) is 1. The first kappa shape index (κ1) is 25.6. The number of anilines is 1. The molecule has 7 nitrogen and oxygen atoms in total. The molecule has 3 N–H and O–H groups in total. The Morgan fingerprint density at radius 1 is 1.22 bits per heavy atom. The van der Waals surface area contributed by atoms with E-state index in [1.807, 2.05) is 0 Å². The Hall–Kier alpha value is -3.44. The van der Waals surface area contributed by atoms with Crippen molar-refractivity contribution in [2.45, 2.75) is 50.9 Å². The number of carbonyl (C=O) groups excluding carboxylic acids is 2. The fraction of sp³-hybridized carbons (Fsp3) is 0.458. The molecule has 2 aromatic rings. The lowest BCUT2D eigenvalue weighted by Crippen LogP contribution is -2.39. The molecule has 194 valence electrons. The Morgan fingerprint density at radius 3 is 2.42 bits per heavy atom. The SMILES string of the molecule is C[C@H](NC(=O)c1cnc(C(F)(F)F)c(-c2cc(F)cc(F)c2)c1N1CCC(C)(OC(N)=O)C1)C1CC1. The van der Waals surface area contributed by atoms with Gasteiger partial charge in [-0.3, -0.25) is 9.78 Å². The van der Waals surface area contributed by atoms with Crippen molar-refractivity contribution in [2.75, 3.05) is 18.0 Å². The highest BCUT2D eigenvalue weighted by Gasteiger charge is 2.43. The van der Waals surface area contributed by atoms with E-state index < -0.39 is 52.2 Å². The summed E-state index contributed by atoms with van der Waals surface area (Å²) in [4.78, 5) is 29.6. The molecule has 0 bridgehead atoms. The number of nitrogens with zero attached hydrogens (tertiary/aromatic N) is 2. The summed E-state index contributed by atoms with van der Waals surface area (Å²) >= 11 is 0. The predicted molar refractivity (Wildman–Crippen MR) is 120 cm³/mol. The summed E-state index contributed by atoms with van der Waals surface area (Å²) in [5.41, 5.74) is 1.11. The van der Waals surface area contributed by atoms with Crippen molar-refractivity contribution in [3.05, 3.63) is 47.3 Å². The molecule has 2 amide bonds.